The highest BCUT2D eigenvalue weighted by molar-refractivity contribution is 7.98. The molecule has 0 aliphatic rings. The summed E-state index contributed by atoms with van der Waals surface area (Å²) in [5, 5.41) is 1.47. The highest BCUT2D eigenvalue weighted by Gasteiger charge is 2.07. The molecule has 2 aromatic heterocycles. The second-order valence-corrected chi connectivity index (χ2v) is 6.41. The summed E-state index contributed by atoms with van der Waals surface area (Å²) in [4.78, 5) is 32.0. The highest BCUT2D eigenvalue weighted by Crippen LogP contribution is 2.14. The van der Waals surface area contributed by atoms with Gasteiger partial charge >= 0.3 is 11.4 Å². The van der Waals surface area contributed by atoms with Crippen LogP contribution in [-0.2, 0) is 13.1 Å². The molecule has 0 saturated heterocycles. The van der Waals surface area contributed by atoms with Crippen molar-refractivity contribution in [2.75, 3.05) is 12.5 Å². The second-order valence-electron chi connectivity index (χ2n) is 4.82. The fourth-order valence-electron chi connectivity index (χ4n) is 2.12. The van der Waals surface area contributed by atoms with Gasteiger partial charge in [-0.3, -0.25) is 9.13 Å². The van der Waals surface area contributed by atoms with Crippen molar-refractivity contribution in [1.29, 1.82) is 0 Å². The van der Waals surface area contributed by atoms with Gasteiger partial charge in [-0.15, -0.1) is 23.5 Å². The van der Waals surface area contributed by atoms with E-state index >= 15 is 0 Å². The van der Waals surface area contributed by atoms with Gasteiger partial charge in [0.2, 0.25) is 0 Å². The molecule has 8 heteroatoms. The van der Waals surface area contributed by atoms with Crippen molar-refractivity contribution in [3.05, 3.63) is 44.5 Å². The third-order valence-corrected chi connectivity index (χ3v) is 4.83. The number of nitrogens with zero attached hydrogens (tertiary/aromatic N) is 4. The number of hydrogen-bond acceptors (Lipinski definition) is 6. The van der Waals surface area contributed by atoms with Crippen LogP contribution in [0.15, 0.2) is 32.0 Å². The van der Waals surface area contributed by atoms with Gasteiger partial charge in [0.05, 0.1) is 0 Å². The van der Waals surface area contributed by atoms with E-state index in [1.165, 1.54) is 32.7 Å². The normalized spacial score (nSPS) is 10.9. The minimum absolute atomic E-state index is 0.298. The van der Waals surface area contributed by atoms with Crippen LogP contribution in [0.4, 0.5) is 0 Å². The van der Waals surface area contributed by atoms with Crippen molar-refractivity contribution in [3.8, 4) is 0 Å². The van der Waals surface area contributed by atoms with Crippen molar-refractivity contribution in [1.82, 2.24) is 19.1 Å². The van der Waals surface area contributed by atoms with Crippen LogP contribution in [-0.4, -0.2) is 31.6 Å². The number of aryl methyl sites for hydroxylation is 4. The molecule has 0 unspecified atom stereocenters. The molecule has 0 spiro atoms. The Kier molecular flexibility index (Phi) is 5.47. The lowest BCUT2D eigenvalue weighted by molar-refractivity contribution is 0.525. The van der Waals surface area contributed by atoms with Gasteiger partial charge in [0.1, 0.15) is 10.1 Å². The number of thioether (sulfide) groups is 2. The van der Waals surface area contributed by atoms with Gasteiger partial charge in [0, 0.05) is 25.5 Å². The van der Waals surface area contributed by atoms with E-state index in [-0.39, 0.29) is 11.4 Å². The lowest BCUT2D eigenvalue weighted by Gasteiger charge is -2.11. The highest BCUT2D eigenvalue weighted by atomic mass is 32.2. The number of hydrogen-bond donors (Lipinski definition) is 0. The van der Waals surface area contributed by atoms with Crippen LogP contribution < -0.4 is 11.4 Å². The maximum atomic E-state index is 12.0. The molecule has 0 aliphatic carbocycles. The maximum absolute atomic E-state index is 12.0. The first-order chi connectivity index (χ1) is 10.5. The molecule has 2 rings (SSSR count). The van der Waals surface area contributed by atoms with Gasteiger partial charge in [-0.1, -0.05) is 0 Å². The molecule has 22 heavy (non-hydrogen) atoms. The van der Waals surface area contributed by atoms with Crippen LogP contribution in [0.3, 0.4) is 0 Å². The van der Waals surface area contributed by atoms with Crippen LogP contribution in [0.1, 0.15) is 11.1 Å². The average Bonchev–Trinajstić information content (AvgIpc) is 2.50. The van der Waals surface area contributed by atoms with E-state index in [0.717, 1.165) is 21.2 Å². The quantitative estimate of drug-likeness (QED) is 0.609. The molecular weight excluding hydrogens is 320 g/mol. The lowest BCUT2D eigenvalue weighted by atomic mass is 10.4. The van der Waals surface area contributed by atoms with Crippen molar-refractivity contribution < 1.29 is 0 Å². The maximum Gasteiger partial charge on any atom is 0.348 e. The zero-order valence-electron chi connectivity index (χ0n) is 13.0. The Labute approximate surface area is 137 Å². The Morgan fingerprint density at radius 3 is 1.55 bits per heavy atom. The summed E-state index contributed by atoms with van der Waals surface area (Å²) in [6, 6.07) is 0. The summed E-state index contributed by atoms with van der Waals surface area (Å²) >= 11 is 2.90. The Hall–Kier alpha value is -1.54. The Morgan fingerprint density at radius 2 is 1.23 bits per heavy atom. The third-order valence-electron chi connectivity index (χ3n) is 3.23. The van der Waals surface area contributed by atoms with Gasteiger partial charge in [0.25, 0.3) is 0 Å². The van der Waals surface area contributed by atoms with Crippen LogP contribution >= 0.6 is 23.5 Å². The first kappa shape index (κ1) is 16.8. The van der Waals surface area contributed by atoms with E-state index in [9.17, 15) is 9.59 Å². The standard InChI is InChI=1S/C14H18N4O2S2/c1-9-7-17(13(19)15-11(9)21-3)5-6-18-8-10(2)12(22-4)16-14(18)20/h7-8H,5-6H2,1-4H3. The van der Waals surface area contributed by atoms with E-state index in [1.54, 1.807) is 12.4 Å². The van der Waals surface area contributed by atoms with Gasteiger partial charge in [0.15, 0.2) is 0 Å². The molecule has 2 heterocycles. The topological polar surface area (TPSA) is 69.8 Å². The molecule has 0 amide bonds. The van der Waals surface area contributed by atoms with Gasteiger partial charge < -0.3 is 0 Å². The molecule has 0 aliphatic heterocycles. The van der Waals surface area contributed by atoms with E-state index in [0.29, 0.717) is 13.1 Å². The largest absolute Gasteiger partial charge is 0.348 e. The second kappa shape index (κ2) is 7.15. The fourth-order valence-corrected chi connectivity index (χ4v) is 3.20. The van der Waals surface area contributed by atoms with E-state index in [1.807, 2.05) is 26.4 Å². The summed E-state index contributed by atoms with van der Waals surface area (Å²) in [6.07, 6.45) is 7.34. The molecular formula is C14H18N4O2S2. The van der Waals surface area contributed by atoms with E-state index in [2.05, 4.69) is 9.97 Å². The van der Waals surface area contributed by atoms with E-state index in [4.69, 9.17) is 0 Å². The molecule has 0 saturated carbocycles. The monoisotopic (exact) mass is 338 g/mol. The van der Waals surface area contributed by atoms with E-state index < -0.39 is 0 Å². The molecule has 0 aromatic carbocycles. The first-order valence-electron chi connectivity index (χ1n) is 6.70. The predicted octanol–water partition coefficient (Wildman–Crippen LogP) is 1.56. The van der Waals surface area contributed by atoms with Gasteiger partial charge in [-0.2, -0.15) is 9.97 Å². The smallest absolute Gasteiger partial charge is 0.297 e. The molecule has 2 aromatic rings. The number of aromatic nitrogens is 4. The molecule has 118 valence electrons. The summed E-state index contributed by atoms with van der Waals surface area (Å²) in [7, 11) is 0. The van der Waals surface area contributed by atoms with Crippen LogP contribution in [0.2, 0.25) is 0 Å². The summed E-state index contributed by atoms with van der Waals surface area (Å²) in [6.45, 7) is 4.61. The lowest BCUT2D eigenvalue weighted by Crippen LogP contribution is -2.29. The minimum Gasteiger partial charge on any atom is -0.297 e. The molecule has 6 nitrogen and oxygen atoms in total. The van der Waals surface area contributed by atoms with Crippen molar-refractivity contribution in [2.45, 2.75) is 37.0 Å². The van der Waals surface area contributed by atoms with Gasteiger partial charge in [-0.05, 0) is 37.5 Å². The Morgan fingerprint density at radius 1 is 0.864 bits per heavy atom. The van der Waals surface area contributed by atoms with Crippen molar-refractivity contribution in [2.24, 2.45) is 0 Å². The van der Waals surface area contributed by atoms with Crippen molar-refractivity contribution in [3.63, 3.8) is 0 Å². The van der Waals surface area contributed by atoms with Crippen LogP contribution in [0.25, 0.3) is 0 Å². The van der Waals surface area contributed by atoms with Crippen LogP contribution in [0, 0.1) is 13.8 Å². The van der Waals surface area contributed by atoms with Crippen molar-refractivity contribution >= 4 is 23.5 Å². The minimum atomic E-state index is -0.298. The number of rotatable bonds is 5. The first-order valence-corrected chi connectivity index (χ1v) is 9.15. The molecule has 0 atom stereocenters. The fraction of sp³-hybridized carbons (Fsp3) is 0.429. The predicted molar refractivity (Wildman–Crippen MR) is 90.0 cm³/mol. The zero-order valence-corrected chi connectivity index (χ0v) is 14.6. The zero-order chi connectivity index (χ0) is 16.3. The summed E-state index contributed by atoms with van der Waals surface area (Å²) in [5.41, 5.74) is 1.31. The summed E-state index contributed by atoms with van der Waals surface area (Å²) < 4.78 is 3.05. The molecule has 0 fully saturated rings. The van der Waals surface area contributed by atoms with Gasteiger partial charge in [-0.25, -0.2) is 9.59 Å². The Bertz CT molecular complexity index is 731. The third kappa shape index (κ3) is 3.61. The molecule has 0 bridgehead atoms. The SMILES string of the molecule is CSc1nc(=O)n(CCn2cc(C)c(SC)nc2=O)cc1C. The Balaban J connectivity index is 2.24. The average molecular weight is 338 g/mol. The molecule has 0 N–H and O–H groups in total. The molecule has 0 radical (unpaired) electrons. The van der Waals surface area contributed by atoms with Crippen LogP contribution in [0.5, 0.6) is 0 Å². The summed E-state index contributed by atoms with van der Waals surface area (Å²) in [5.74, 6) is 0.